The molecular weight excluding hydrogens is 208 g/mol. The minimum absolute atomic E-state index is 0.238. The fourth-order valence-electron chi connectivity index (χ4n) is 0.927. The molecule has 0 saturated heterocycles. The van der Waals surface area contributed by atoms with E-state index in [-0.39, 0.29) is 6.42 Å². The van der Waals surface area contributed by atoms with Gasteiger partial charge in [-0.1, -0.05) is 24.3 Å². The predicted molar refractivity (Wildman–Crippen MR) is 60.9 cm³/mol. The number of esters is 1. The standard InChI is InChI=1S/C12H16O4/c1-3-5-7-9-11(13)16-10(12(14)15)8-6-4-2/h3-5,7,9-10H,2,6,8H2,1H3,(H,14,15)/b5-3+,9-7+/t10-/m1/s1. The number of hydrogen-bond acceptors (Lipinski definition) is 3. The van der Waals surface area contributed by atoms with Gasteiger partial charge in [-0.25, -0.2) is 9.59 Å². The smallest absolute Gasteiger partial charge is 0.345 e. The van der Waals surface area contributed by atoms with Crippen LogP contribution in [0.1, 0.15) is 19.8 Å². The molecule has 4 nitrogen and oxygen atoms in total. The second-order valence-electron chi connectivity index (χ2n) is 3.01. The molecule has 0 spiro atoms. The van der Waals surface area contributed by atoms with Crippen molar-refractivity contribution < 1.29 is 19.4 Å². The molecule has 0 aromatic heterocycles. The summed E-state index contributed by atoms with van der Waals surface area (Å²) in [5.41, 5.74) is 0. The lowest BCUT2D eigenvalue weighted by atomic mass is 10.2. The van der Waals surface area contributed by atoms with E-state index in [1.54, 1.807) is 25.2 Å². The van der Waals surface area contributed by atoms with Crippen molar-refractivity contribution in [2.45, 2.75) is 25.9 Å². The van der Waals surface area contributed by atoms with Crippen molar-refractivity contribution in [3.8, 4) is 0 Å². The average Bonchev–Trinajstić information content (AvgIpc) is 2.24. The van der Waals surface area contributed by atoms with Crippen LogP contribution < -0.4 is 0 Å². The quantitative estimate of drug-likeness (QED) is 0.311. The van der Waals surface area contributed by atoms with E-state index in [2.05, 4.69) is 6.58 Å². The third-order valence-electron chi connectivity index (χ3n) is 1.70. The van der Waals surface area contributed by atoms with Crippen LogP contribution in [0.5, 0.6) is 0 Å². The molecule has 0 aromatic rings. The summed E-state index contributed by atoms with van der Waals surface area (Å²) in [6, 6.07) is 0. The van der Waals surface area contributed by atoms with Gasteiger partial charge in [0.25, 0.3) is 0 Å². The fraction of sp³-hybridized carbons (Fsp3) is 0.333. The molecule has 0 aliphatic rings. The first-order valence-corrected chi connectivity index (χ1v) is 4.95. The number of carbonyl (C=O) groups excluding carboxylic acids is 1. The van der Waals surface area contributed by atoms with E-state index < -0.39 is 18.0 Å². The van der Waals surface area contributed by atoms with Crippen molar-refractivity contribution in [1.82, 2.24) is 0 Å². The van der Waals surface area contributed by atoms with E-state index in [1.165, 1.54) is 12.2 Å². The van der Waals surface area contributed by atoms with Crippen molar-refractivity contribution in [1.29, 1.82) is 0 Å². The number of allylic oxidation sites excluding steroid dienone is 4. The van der Waals surface area contributed by atoms with Crippen LogP contribution in [0.4, 0.5) is 0 Å². The molecule has 4 heteroatoms. The van der Waals surface area contributed by atoms with Crippen LogP contribution in [0.25, 0.3) is 0 Å². The summed E-state index contributed by atoms with van der Waals surface area (Å²) < 4.78 is 4.75. The molecule has 1 N–H and O–H groups in total. The van der Waals surface area contributed by atoms with Crippen molar-refractivity contribution in [3.63, 3.8) is 0 Å². The SMILES string of the molecule is C=CCC[C@@H](OC(=O)/C=C/C=C/C)C(=O)O. The Morgan fingerprint density at radius 1 is 1.44 bits per heavy atom. The highest BCUT2D eigenvalue weighted by atomic mass is 16.6. The average molecular weight is 224 g/mol. The summed E-state index contributed by atoms with van der Waals surface area (Å²) in [6.45, 7) is 5.28. The summed E-state index contributed by atoms with van der Waals surface area (Å²) in [5, 5.41) is 8.77. The molecule has 0 unspecified atom stereocenters. The van der Waals surface area contributed by atoms with Crippen LogP contribution >= 0.6 is 0 Å². The molecule has 0 amide bonds. The maximum Gasteiger partial charge on any atom is 0.345 e. The minimum Gasteiger partial charge on any atom is -0.479 e. The second-order valence-corrected chi connectivity index (χ2v) is 3.01. The highest BCUT2D eigenvalue weighted by Crippen LogP contribution is 2.04. The Morgan fingerprint density at radius 2 is 2.12 bits per heavy atom. The molecule has 0 fully saturated rings. The first-order valence-electron chi connectivity index (χ1n) is 4.95. The van der Waals surface area contributed by atoms with E-state index in [0.717, 1.165) is 0 Å². The Kier molecular flexibility index (Phi) is 7.49. The number of hydrogen-bond donors (Lipinski definition) is 1. The lowest BCUT2D eigenvalue weighted by Crippen LogP contribution is -2.26. The first kappa shape index (κ1) is 14.2. The number of carboxylic acids is 1. The summed E-state index contributed by atoms with van der Waals surface area (Å²) >= 11 is 0. The van der Waals surface area contributed by atoms with Gasteiger partial charge in [0.1, 0.15) is 0 Å². The van der Waals surface area contributed by atoms with Crippen molar-refractivity contribution >= 4 is 11.9 Å². The maximum absolute atomic E-state index is 11.2. The van der Waals surface area contributed by atoms with Gasteiger partial charge in [0.2, 0.25) is 0 Å². The number of carboxylic acid groups (broad SMARTS) is 1. The lowest BCUT2D eigenvalue weighted by molar-refractivity contribution is -0.161. The zero-order chi connectivity index (χ0) is 12.4. The van der Waals surface area contributed by atoms with Gasteiger partial charge in [-0.05, 0) is 19.8 Å². The van der Waals surface area contributed by atoms with Crippen molar-refractivity contribution in [3.05, 3.63) is 37.0 Å². The van der Waals surface area contributed by atoms with E-state index in [1.807, 2.05) is 0 Å². The van der Waals surface area contributed by atoms with Gasteiger partial charge in [0.05, 0.1) is 0 Å². The number of ether oxygens (including phenoxy) is 1. The largest absolute Gasteiger partial charge is 0.479 e. The van der Waals surface area contributed by atoms with Gasteiger partial charge >= 0.3 is 11.9 Å². The highest BCUT2D eigenvalue weighted by molar-refractivity contribution is 5.85. The third kappa shape index (κ3) is 6.59. The van der Waals surface area contributed by atoms with Gasteiger partial charge in [0, 0.05) is 6.08 Å². The van der Waals surface area contributed by atoms with Crippen LogP contribution in [0, 0.1) is 0 Å². The van der Waals surface area contributed by atoms with E-state index in [0.29, 0.717) is 6.42 Å². The minimum atomic E-state index is -1.14. The molecule has 1 atom stereocenters. The summed E-state index contributed by atoms with van der Waals surface area (Å²) in [6.07, 6.45) is 7.28. The molecule has 0 bridgehead atoms. The molecule has 0 aliphatic carbocycles. The van der Waals surface area contributed by atoms with Gasteiger partial charge in [-0.2, -0.15) is 0 Å². The number of aliphatic carboxylic acids is 1. The van der Waals surface area contributed by atoms with Gasteiger partial charge in [0.15, 0.2) is 6.10 Å². The Hall–Kier alpha value is -1.84. The Balaban J connectivity index is 4.22. The molecule has 0 aromatic carbocycles. The fourth-order valence-corrected chi connectivity index (χ4v) is 0.927. The van der Waals surface area contributed by atoms with Crippen molar-refractivity contribution in [2.24, 2.45) is 0 Å². The Morgan fingerprint density at radius 3 is 2.62 bits per heavy atom. The van der Waals surface area contributed by atoms with Gasteiger partial charge < -0.3 is 9.84 Å². The lowest BCUT2D eigenvalue weighted by Gasteiger charge is -2.10. The van der Waals surface area contributed by atoms with Crippen molar-refractivity contribution in [2.75, 3.05) is 0 Å². The monoisotopic (exact) mass is 224 g/mol. The van der Waals surface area contributed by atoms with Crippen LogP contribution in [0.15, 0.2) is 37.0 Å². The molecule has 16 heavy (non-hydrogen) atoms. The normalized spacial score (nSPS) is 12.8. The van der Waals surface area contributed by atoms with Crippen LogP contribution in [0.2, 0.25) is 0 Å². The first-order chi connectivity index (χ1) is 7.61. The van der Waals surface area contributed by atoms with Gasteiger partial charge in [-0.3, -0.25) is 0 Å². The summed E-state index contributed by atoms with van der Waals surface area (Å²) in [5.74, 6) is -1.80. The zero-order valence-electron chi connectivity index (χ0n) is 9.26. The zero-order valence-corrected chi connectivity index (χ0v) is 9.26. The van der Waals surface area contributed by atoms with E-state index >= 15 is 0 Å². The molecule has 0 rings (SSSR count). The van der Waals surface area contributed by atoms with Crippen LogP contribution in [-0.4, -0.2) is 23.1 Å². The van der Waals surface area contributed by atoms with Crippen LogP contribution in [-0.2, 0) is 14.3 Å². The van der Waals surface area contributed by atoms with Gasteiger partial charge in [-0.15, -0.1) is 6.58 Å². The van der Waals surface area contributed by atoms with Crippen LogP contribution in [0.3, 0.4) is 0 Å². The second kappa shape index (κ2) is 8.47. The number of rotatable bonds is 7. The topological polar surface area (TPSA) is 63.6 Å². The third-order valence-corrected chi connectivity index (χ3v) is 1.70. The number of carbonyl (C=O) groups is 2. The summed E-state index contributed by atoms with van der Waals surface area (Å²) in [7, 11) is 0. The molecule has 0 saturated carbocycles. The molecule has 0 radical (unpaired) electrons. The Labute approximate surface area is 94.9 Å². The molecule has 0 aliphatic heterocycles. The molecular formula is C12H16O4. The van der Waals surface area contributed by atoms with E-state index in [4.69, 9.17) is 9.84 Å². The summed E-state index contributed by atoms with van der Waals surface area (Å²) in [4.78, 5) is 21.9. The molecule has 88 valence electrons. The molecule has 0 heterocycles. The van der Waals surface area contributed by atoms with E-state index in [9.17, 15) is 9.59 Å². The maximum atomic E-state index is 11.2. The highest BCUT2D eigenvalue weighted by Gasteiger charge is 2.19. The Bertz CT molecular complexity index is 302. The predicted octanol–water partition coefficient (Wildman–Crippen LogP) is 2.08.